The number of hydrogen-bond acceptors (Lipinski definition) is 3. The Morgan fingerprint density at radius 2 is 2.11 bits per heavy atom. The van der Waals surface area contributed by atoms with Crippen LogP contribution in [0.3, 0.4) is 0 Å². The molecule has 0 aromatic carbocycles. The largest absolute Gasteiger partial charge is 0.352 e. The molecule has 0 saturated carbocycles. The van der Waals surface area contributed by atoms with Gasteiger partial charge in [-0.1, -0.05) is 0 Å². The van der Waals surface area contributed by atoms with Crippen LogP contribution in [0.5, 0.6) is 0 Å². The standard InChI is InChI=1S/C10H16F2N4O2.ClH/c11-10(12)3-7(14-5-10)8(17)16-2-1-6(4-16)15-9(13)18;/h6-7,14H,1-5H2,(H3,13,15,18);1H. The predicted molar refractivity (Wildman–Crippen MR) is 66.3 cm³/mol. The first-order valence-electron chi connectivity index (χ1n) is 5.83. The number of halogens is 3. The maximum Gasteiger partial charge on any atom is 0.312 e. The minimum absolute atomic E-state index is 0. The van der Waals surface area contributed by atoms with Crippen LogP contribution in [-0.2, 0) is 4.79 Å². The third-order valence-electron chi connectivity index (χ3n) is 3.25. The van der Waals surface area contributed by atoms with Gasteiger partial charge in [-0.15, -0.1) is 12.4 Å². The van der Waals surface area contributed by atoms with Crippen molar-refractivity contribution < 1.29 is 18.4 Å². The van der Waals surface area contributed by atoms with Crippen molar-refractivity contribution >= 4 is 24.3 Å². The SMILES string of the molecule is Cl.NC(=O)NC1CCN(C(=O)C2CC(F)(F)CN2)C1. The normalized spacial score (nSPS) is 28.8. The summed E-state index contributed by atoms with van der Waals surface area (Å²) in [4.78, 5) is 24.1. The highest BCUT2D eigenvalue weighted by Crippen LogP contribution is 2.26. The molecule has 6 nitrogen and oxygen atoms in total. The lowest BCUT2D eigenvalue weighted by Gasteiger charge is -2.20. The minimum atomic E-state index is -2.81. The molecule has 2 unspecified atom stereocenters. The van der Waals surface area contributed by atoms with Crippen LogP contribution in [0.4, 0.5) is 13.6 Å². The molecule has 3 amide bonds. The van der Waals surface area contributed by atoms with Crippen molar-refractivity contribution in [2.45, 2.75) is 30.8 Å². The molecule has 0 aromatic rings. The van der Waals surface area contributed by atoms with E-state index in [1.54, 1.807) is 0 Å². The maximum absolute atomic E-state index is 13.0. The van der Waals surface area contributed by atoms with E-state index >= 15 is 0 Å². The number of amides is 3. The Bertz CT molecular complexity index is 369. The average molecular weight is 299 g/mol. The Labute approximate surface area is 115 Å². The molecule has 4 N–H and O–H groups in total. The Morgan fingerprint density at radius 3 is 2.63 bits per heavy atom. The monoisotopic (exact) mass is 298 g/mol. The van der Waals surface area contributed by atoms with Gasteiger partial charge in [-0.2, -0.15) is 0 Å². The second-order valence-corrected chi connectivity index (χ2v) is 4.77. The van der Waals surface area contributed by atoms with E-state index in [1.807, 2.05) is 0 Å². The highest BCUT2D eigenvalue weighted by atomic mass is 35.5. The van der Waals surface area contributed by atoms with Gasteiger partial charge in [-0.25, -0.2) is 13.6 Å². The van der Waals surface area contributed by atoms with Crippen LogP contribution in [0.15, 0.2) is 0 Å². The van der Waals surface area contributed by atoms with E-state index in [-0.39, 0.29) is 24.4 Å². The van der Waals surface area contributed by atoms with E-state index in [1.165, 1.54) is 4.90 Å². The highest BCUT2D eigenvalue weighted by molar-refractivity contribution is 5.85. The van der Waals surface area contributed by atoms with Crippen LogP contribution >= 0.6 is 12.4 Å². The Morgan fingerprint density at radius 1 is 1.42 bits per heavy atom. The van der Waals surface area contributed by atoms with Crippen molar-refractivity contribution in [1.29, 1.82) is 0 Å². The third kappa shape index (κ3) is 3.90. The first-order valence-corrected chi connectivity index (χ1v) is 5.83. The Hall–Kier alpha value is -1.15. The van der Waals surface area contributed by atoms with Gasteiger partial charge in [0.05, 0.1) is 12.6 Å². The summed E-state index contributed by atoms with van der Waals surface area (Å²) in [6.45, 7) is 0.319. The fourth-order valence-corrected chi connectivity index (χ4v) is 2.39. The molecular weight excluding hydrogens is 282 g/mol. The average Bonchev–Trinajstić information content (AvgIpc) is 2.83. The third-order valence-corrected chi connectivity index (χ3v) is 3.25. The van der Waals surface area contributed by atoms with Gasteiger partial charge in [0, 0.05) is 25.6 Å². The molecule has 0 bridgehead atoms. The summed E-state index contributed by atoms with van der Waals surface area (Å²) >= 11 is 0. The molecule has 2 fully saturated rings. The van der Waals surface area contributed by atoms with Crippen molar-refractivity contribution in [2.24, 2.45) is 5.73 Å². The molecule has 2 aliphatic rings. The van der Waals surface area contributed by atoms with Gasteiger partial charge in [-0.05, 0) is 6.42 Å². The zero-order valence-corrected chi connectivity index (χ0v) is 11.0. The van der Waals surface area contributed by atoms with Crippen molar-refractivity contribution in [3.05, 3.63) is 0 Å². The van der Waals surface area contributed by atoms with Crippen LogP contribution in [0.2, 0.25) is 0 Å². The summed E-state index contributed by atoms with van der Waals surface area (Å²) in [7, 11) is 0. The molecule has 2 atom stereocenters. The first kappa shape index (κ1) is 15.9. The second-order valence-electron chi connectivity index (χ2n) is 4.77. The zero-order chi connectivity index (χ0) is 13.3. The van der Waals surface area contributed by atoms with Gasteiger partial charge >= 0.3 is 6.03 Å². The summed E-state index contributed by atoms with van der Waals surface area (Å²) in [6.07, 6.45) is 0.133. The molecule has 19 heavy (non-hydrogen) atoms. The van der Waals surface area contributed by atoms with Crippen molar-refractivity contribution in [2.75, 3.05) is 19.6 Å². The summed E-state index contributed by atoms with van der Waals surface area (Å²) in [5, 5.41) is 5.04. The van der Waals surface area contributed by atoms with Gasteiger partial charge in [0.1, 0.15) is 0 Å². The minimum Gasteiger partial charge on any atom is -0.352 e. The molecular formula is C10H17ClF2N4O2. The van der Waals surface area contributed by atoms with E-state index < -0.39 is 31.0 Å². The second kappa shape index (κ2) is 5.87. The number of nitrogens with zero attached hydrogens (tertiary/aromatic N) is 1. The first-order chi connectivity index (χ1) is 8.37. The topological polar surface area (TPSA) is 87.5 Å². The molecule has 0 aliphatic carbocycles. The van der Waals surface area contributed by atoms with E-state index in [9.17, 15) is 18.4 Å². The van der Waals surface area contributed by atoms with E-state index in [0.29, 0.717) is 19.5 Å². The van der Waals surface area contributed by atoms with E-state index in [2.05, 4.69) is 10.6 Å². The number of rotatable bonds is 2. The predicted octanol–water partition coefficient (Wildman–Crippen LogP) is -0.325. The van der Waals surface area contributed by atoms with Crippen molar-refractivity contribution in [3.63, 3.8) is 0 Å². The molecule has 2 saturated heterocycles. The van der Waals surface area contributed by atoms with Crippen molar-refractivity contribution in [1.82, 2.24) is 15.5 Å². The quantitative estimate of drug-likeness (QED) is 0.652. The molecule has 0 spiro atoms. The number of carbonyl (C=O) groups is 2. The smallest absolute Gasteiger partial charge is 0.312 e. The fourth-order valence-electron chi connectivity index (χ4n) is 2.39. The van der Waals surface area contributed by atoms with Gasteiger partial charge in [-0.3, -0.25) is 10.1 Å². The number of nitrogens with one attached hydrogen (secondary N) is 2. The van der Waals surface area contributed by atoms with E-state index in [4.69, 9.17) is 5.73 Å². The number of nitrogens with two attached hydrogens (primary N) is 1. The lowest BCUT2D eigenvalue weighted by atomic mass is 10.2. The van der Waals surface area contributed by atoms with Crippen LogP contribution in [-0.4, -0.2) is 54.5 Å². The summed E-state index contributed by atoms with van der Waals surface area (Å²) in [5.74, 6) is -3.15. The Balaban J connectivity index is 0.00000180. The molecule has 110 valence electrons. The lowest BCUT2D eigenvalue weighted by molar-refractivity contribution is -0.132. The Kier molecular flexibility index (Phi) is 4.92. The van der Waals surface area contributed by atoms with Crippen molar-refractivity contribution in [3.8, 4) is 0 Å². The summed E-state index contributed by atoms with van der Waals surface area (Å²) in [5.41, 5.74) is 4.99. The molecule has 9 heteroatoms. The number of likely N-dealkylation sites (tertiary alicyclic amines) is 1. The number of primary amides is 1. The van der Waals surface area contributed by atoms with Gasteiger partial charge in [0.15, 0.2) is 0 Å². The van der Waals surface area contributed by atoms with Crippen LogP contribution in [0.25, 0.3) is 0 Å². The van der Waals surface area contributed by atoms with E-state index in [0.717, 1.165) is 0 Å². The molecule has 0 aromatic heterocycles. The van der Waals surface area contributed by atoms with Gasteiger partial charge in [0.25, 0.3) is 5.92 Å². The van der Waals surface area contributed by atoms with Gasteiger partial charge in [0.2, 0.25) is 5.91 Å². The maximum atomic E-state index is 13.0. The molecule has 2 aliphatic heterocycles. The van der Waals surface area contributed by atoms with Crippen LogP contribution in [0.1, 0.15) is 12.8 Å². The van der Waals surface area contributed by atoms with Gasteiger partial charge < -0.3 is 16.0 Å². The number of alkyl halides is 2. The van der Waals surface area contributed by atoms with Crippen LogP contribution < -0.4 is 16.4 Å². The number of carbonyl (C=O) groups excluding carboxylic acids is 2. The number of hydrogen-bond donors (Lipinski definition) is 3. The highest BCUT2D eigenvalue weighted by Gasteiger charge is 2.44. The molecule has 2 heterocycles. The fraction of sp³-hybridized carbons (Fsp3) is 0.800. The molecule has 0 radical (unpaired) electrons. The lowest BCUT2D eigenvalue weighted by Crippen LogP contribution is -2.45. The summed E-state index contributed by atoms with van der Waals surface area (Å²) < 4.78 is 26.0. The summed E-state index contributed by atoms with van der Waals surface area (Å²) in [6, 6.07) is -1.65. The number of urea groups is 1. The van der Waals surface area contributed by atoms with Crippen LogP contribution in [0, 0.1) is 0 Å². The molecule has 2 rings (SSSR count). The zero-order valence-electron chi connectivity index (χ0n) is 10.2.